The number of nitrogens with one attached hydrogen (secondary N) is 1. The van der Waals surface area contributed by atoms with Crippen LogP contribution in [0.5, 0.6) is 0 Å². The molecule has 0 aromatic heterocycles. The normalized spacial score (nSPS) is 13.3. The van der Waals surface area contributed by atoms with E-state index in [-0.39, 0.29) is 4.90 Å². The number of aliphatic hydroxyl groups is 1. The van der Waals surface area contributed by atoms with Gasteiger partial charge in [0.15, 0.2) is 6.10 Å². The fourth-order valence-corrected chi connectivity index (χ4v) is 3.83. The Hall–Kier alpha value is -0.480. The summed E-state index contributed by atoms with van der Waals surface area (Å²) < 4.78 is 26.7. The lowest BCUT2D eigenvalue weighted by molar-refractivity contribution is -0.146. The van der Waals surface area contributed by atoms with Crippen molar-refractivity contribution >= 4 is 47.9 Å². The van der Waals surface area contributed by atoms with E-state index in [0.717, 1.165) is 0 Å². The summed E-state index contributed by atoms with van der Waals surface area (Å²) in [5.74, 6) is -1.49. The minimum Gasteiger partial charge on any atom is -0.479 e. The quantitative estimate of drug-likeness (QED) is 0.679. The third-order valence-corrected chi connectivity index (χ3v) is 4.83. The third-order valence-electron chi connectivity index (χ3n) is 1.94. The molecule has 0 amide bonds. The molecule has 1 unspecified atom stereocenters. The summed E-state index contributed by atoms with van der Waals surface area (Å²) in [6.07, 6.45) is -1.78. The largest absolute Gasteiger partial charge is 0.479 e. The van der Waals surface area contributed by atoms with Crippen molar-refractivity contribution in [3.05, 3.63) is 27.1 Å². The number of carboxylic acid groups (broad SMARTS) is 1. The average molecular weight is 403 g/mol. The van der Waals surface area contributed by atoms with Gasteiger partial charge >= 0.3 is 5.97 Å². The molecule has 3 N–H and O–H groups in total. The van der Waals surface area contributed by atoms with Gasteiger partial charge in [0.25, 0.3) is 0 Å². The highest BCUT2D eigenvalue weighted by Gasteiger charge is 2.21. The molecule has 0 bridgehead atoms. The van der Waals surface area contributed by atoms with Crippen LogP contribution in [0.4, 0.5) is 0 Å². The Kier molecular flexibility index (Phi) is 5.29. The summed E-state index contributed by atoms with van der Waals surface area (Å²) >= 11 is 6.27. The Morgan fingerprint density at radius 3 is 2.50 bits per heavy atom. The number of rotatable bonds is 5. The predicted molar refractivity (Wildman–Crippen MR) is 70.7 cm³/mol. The Morgan fingerprint density at radius 2 is 2.00 bits per heavy atom. The molecule has 100 valence electrons. The first-order chi connectivity index (χ1) is 8.24. The summed E-state index contributed by atoms with van der Waals surface area (Å²) in [5, 5.41) is 17.4. The number of aliphatic hydroxyl groups excluding tert-OH is 1. The van der Waals surface area contributed by atoms with E-state index in [9.17, 15) is 13.2 Å². The van der Waals surface area contributed by atoms with E-state index >= 15 is 0 Å². The number of hydrogen-bond acceptors (Lipinski definition) is 4. The van der Waals surface area contributed by atoms with Gasteiger partial charge in [0.1, 0.15) is 0 Å². The second-order valence-corrected chi connectivity index (χ2v) is 6.79. The van der Waals surface area contributed by atoms with Crippen molar-refractivity contribution in [3.63, 3.8) is 0 Å². The molecule has 1 rings (SSSR count). The van der Waals surface area contributed by atoms with Crippen LogP contribution in [0, 0.1) is 0 Å². The predicted octanol–water partition coefficient (Wildman–Crippen LogP) is 0.935. The van der Waals surface area contributed by atoms with Gasteiger partial charge in [-0.2, -0.15) is 0 Å². The van der Waals surface area contributed by atoms with Crippen LogP contribution in [-0.4, -0.2) is 37.2 Å². The van der Waals surface area contributed by atoms with Gasteiger partial charge in [0.05, 0.1) is 4.90 Å². The van der Waals surface area contributed by atoms with E-state index in [1.165, 1.54) is 12.1 Å². The minimum atomic E-state index is -3.88. The van der Waals surface area contributed by atoms with Gasteiger partial charge in [-0.1, -0.05) is 15.9 Å². The monoisotopic (exact) mass is 401 g/mol. The molecule has 0 saturated carbocycles. The zero-order chi connectivity index (χ0) is 13.9. The van der Waals surface area contributed by atoms with Crippen molar-refractivity contribution in [1.29, 1.82) is 0 Å². The fraction of sp³-hybridized carbons (Fsp3) is 0.222. The molecule has 0 saturated heterocycles. The van der Waals surface area contributed by atoms with Crippen LogP contribution in [0.1, 0.15) is 0 Å². The van der Waals surface area contributed by atoms with Crippen LogP contribution >= 0.6 is 31.9 Å². The van der Waals surface area contributed by atoms with Gasteiger partial charge in [-0.25, -0.2) is 17.9 Å². The molecule has 18 heavy (non-hydrogen) atoms. The van der Waals surface area contributed by atoms with Crippen LogP contribution < -0.4 is 4.72 Å². The molecule has 0 aliphatic carbocycles. The first-order valence-electron chi connectivity index (χ1n) is 4.59. The molecule has 0 aliphatic heterocycles. The van der Waals surface area contributed by atoms with Crippen molar-refractivity contribution in [2.24, 2.45) is 0 Å². The summed E-state index contributed by atoms with van der Waals surface area (Å²) in [6.45, 7) is -0.597. The number of halogens is 2. The zero-order valence-electron chi connectivity index (χ0n) is 8.80. The number of hydrogen-bond donors (Lipinski definition) is 3. The highest BCUT2D eigenvalue weighted by Crippen LogP contribution is 2.25. The van der Waals surface area contributed by atoms with Crippen LogP contribution in [0.3, 0.4) is 0 Å². The van der Waals surface area contributed by atoms with Gasteiger partial charge in [0.2, 0.25) is 10.0 Å². The first kappa shape index (κ1) is 15.6. The van der Waals surface area contributed by atoms with Gasteiger partial charge in [-0.05, 0) is 34.1 Å². The summed E-state index contributed by atoms with van der Waals surface area (Å²) in [7, 11) is -3.88. The van der Waals surface area contributed by atoms with E-state index < -0.39 is 28.6 Å². The maximum atomic E-state index is 11.8. The van der Waals surface area contributed by atoms with Crippen molar-refractivity contribution in [1.82, 2.24) is 4.72 Å². The highest BCUT2D eigenvalue weighted by molar-refractivity contribution is 9.11. The van der Waals surface area contributed by atoms with Crippen molar-refractivity contribution in [2.75, 3.05) is 6.54 Å². The van der Waals surface area contributed by atoms with Gasteiger partial charge in [-0.15, -0.1) is 0 Å². The molecular weight excluding hydrogens is 394 g/mol. The molecular formula is C9H9Br2NO5S. The van der Waals surface area contributed by atoms with Crippen molar-refractivity contribution in [3.8, 4) is 0 Å². The molecule has 6 nitrogen and oxygen atoms in total. The molecule has 0 radical (unpaired) electrons. The molecule has 9 heteroatoms. The summed E-state index contributed by atoms with van der Waals surface area (Å²) in [4.78, 5) is 10.3. The molecule has 0 fully saturated rings. The molecule has 1 atom stereocenters. The van der Waals surface area contributed by atoms with Crippen LogP contribution in [-0.2, 0) is 14.8 Å². The van der Waals surface area contributed by atoms with Gasteiger partial charge in [0, 0.05) is 15.5 Å². The second-order valence-electron chi connectivity index (χ2n) is 3.28. The highest BCUT2D eigenvalue weighted by atomic mass is 79.9. The second kappa shape index (κ2) is 6.11. The molecule has 1 aromatic carbocycles. The van der Waals surface area contributed by atoms with Crippen molar-refractivity contribution in [2.45, 2.75) is 11.0 Å². The van der Waals surface area contributed by atoms with Gasteiger partial charge < -0.3 is 10.2 Å². The number of carboxylic acids is 1. The number of aliphatic carboxylic acids is 1. The topological polar surface area (TPSA) is 104 Å². The summed E-state index contributed by atoms with van der Waals surface area (Å²) in [6, 6.07) is 4.43. The lowest BCUT2D eigenvalue weighted by Gasteiger charge is -2.10. The maximum Gasteiger partial charge on any atom is 0.333 e. The zero-order valence-corrected chi connectivity index (χ0v) is 12.8. The van der Waals surface area contributed by atoms with Crippen LogP contribution in [0.2, 0.25) is 0 Å². The lowest BCUT2D eigenvalue weighted by atomic mass is 10.4. The van der Waals surface area contributed by atoms with Crippen LogP contribution in [0.15, 0.2) is 32.0 Å². The van der Waals surface area contributed by atoms with E-state index in [1.807, 2.05) is 4.72 Å². The van der Waals surface area contributed by atoms with Gasteiger partial charge in [-0.3, -0.25) is 0 Å². The van der Waals surface area contributed by atoms with E-state index in [1.54, 1.807) is 6.07 Å². The Balaban J connectivity index is 2.90. The summed E-state index contributed by atoms with van der Waals surface area (Å²) in [5.41, 5.74) is 0. The minimum absolute atomic E-state index is 0.0386. The average Bonchev–Trinajstić information content (AvgIpc) is 2.25. The van der Waals surface area contributed by atoms with E-state index in [0.29, 0.717) is 8.95 Å². The third kappa shape index (κ3) is 4.02. The Labute approximate surface area is 120 Å². The molecule has 1 aromatic rings. The number of sulfonamides is 1. The standard InChI is InChI=1S/C9H9Br2NO5S/c10-5-1-2-8(6(11)3-5)18(16,17)12-4-7(13)9(14)15/h1-3,7,12-13H,4H2,(H,14,15). The fourth-order valence-electron chi connectivity index (χ4n) is 1.05. The smallest absolute Gasteiger partial charge is 0.333 e. The molecule has 0 heterocycles. The Morgan fingerprint density at radius 1 is 1.39 bits per heavy atom. The van der Waals surface area contributed by atoms with Crippen LogP contribution in [0.25, 0.3) is 0 Å². The first-order valence-corrected chi connectivity index (χ1v) is 7.66. The Bertz CT molecular complexity index is 560. The maximum absolute atomic E-state index is 11.8. The SMILES string of the molecule is O=C(O)C(O)CNS(=O)(=O)c1ccc(Br)cc1Br. The molecule has 0 spiro atoms. The number of carbonyl (C=O) groups is 1. The van der Waals surface area contributed by atoms with E-state index in [2.05, 4.69) is 31.9 Å². The number of benzene rings is 1. The lowest BCUT2D eigenvalue weighted by Crippen LogP contribution is -2.36. The van der Waals surface area contributed by atoms with E-state index in [4.69, 9.17) is 10.2 Å². The molecule has 0 aliphatic rings. The van der Waals surface area contributed by atoms with Crippen molar-refractivity contribution < 1.29 is 23.4 Å².